The molecule has 4 heteroatoms. The number of aryl methyl sites for hydroxylation is 2. The number of para-hydroxylation sites is 2. The summed E-state index contributed by atoms with van der Waals surface area (Å²) in [5.74, 6) is 1.48. The summed E-state index contributed by atoms with van der Waals surface area (Å²) in [7, 11) is 0. The van der Waals surface area contributed by atoms with E-state index >= 15 is 0 Å². The van der Waals surface area contributed by atoms with Crippen LogP contribution in [0.15, 0.2) is 42.5 Å². The number of rotatable bonds is 3. The molecule has 0 unspecified atom stereocenters. The van der Waals surface area contributed by atoms with Crippen molar-refractivity contribution in [2.75, 3.05) is 5.88 Å². The predicted molar refractivity (Wildman–Crippen MR) is 85.2 cm³/mol. The largest absolute Gasteiger partial charge is 0.296 e. The van der Waals surface area contributed by atoms with Gasteiger partial charge < -0.3 is 0 Å². The molecule has 20 heavy (non-hydrogen) atoms. The van der Waals surface area contributed by atoms with Crippen LogP contribution in [0.3, 0.4) is 0 Å². The summed E-state index contributed by atoms with van der Waals surface area (Å²) in [6.07, 6.45) is 0.709. The predicted octanol–water partition coefficient (Wildman–Crippen LogP) is 4.77. The quantitative estimate of drug-likeness (QED) is 0.637. The van der Waals surface area contributed by atoms with Crippen molar-refractivity contribution in [3.05, 3.63) is 58.9 Å². The topological polar surface area (TPSA) is 17.8 Å². The number of halogens is 2. The van der Waals surface area contributed by atoms with Gasteiger partial charge in [-0.15, -0.1) is 11.6 Å². The zero-order chi connectivity index (χ0) is 14.1. The van der Waals surface area contributed by atoms with Gasteiger partial charge in [0.05, 0.1) is 16.2 Å². The number of fused-ring (bicyclic) bond motifs is 1. The second-order valence-corrected chi connectivity index (χ2v) is 5.48. The third-order valence-corrected chi connectivity index (χ3v) is 3.87. The molecule has 0 radical (unpaired) electrons. The van der Waals surface area contributed by atoms with Crippen LogP contribution in [-0.4, -0.2) is 15.4 Å². The maximum absolute atomic E-state index is 6.26. The monoisotopic (exact) mass is 304 g/mol. The van der Waals surface area contributed by atoms with Gasteiger partial charge in [-0.2, -0.15) is 0 Å². The van der Waals surface area contributed by atoms with Crippen LogP contribution in [-0.2, 0) is 6.42 Å². The van der Waals surface area contributed by atoms with Gasteiger partial charge in [0.2, 0.25) is 0 Å². The Morgan fingerprint density at radius 2 is 1.90 bits per heavy atom. The first-order chi connectivity index (χ1) is 9.72. The Morgan fingerprint density at radius 3 is 2.65 bits per heavy atom. The van der Waals surface area contributed by atoms with Gasteiger partial charge in [0, 0.05) is 12.3 Å². The molecule has 0 amide bonds. The van der Waals surface area contributed by atoms with Crippen LogP contribution in [0.4, 0.5) is 0 Å². The molecule has 0 aliphatic rings. The average Bonchev–Trinajstić information content (AvgIpc) is 2.80. The summed E-state index contributed by atoms with van der Waals surface area (Å²) < 4.78 is 2.15. The number of alkyl halides is 1. The number of nitrogens with zero attached hydrogens (tertiary/aromatic N) is 2. The van der Waals surface area contributed by atoms with Gasteiger partial charge in [-0.1, -0.05) is 35.9 Å². The molecule has 2 aromatic carbocycles. The number of hydrogen-bond acceptors (Lipinski definition) is 1. The lowest BCUT2D eigenvalue weighted by Crippen LogP contribution is -2.03. The van der Waals surface area contributed by atoms with Gasteiger partial charge in [-0.05, 0) is 30.7 Å². The highest BCUT2D eigenvalue weighted by Gasteiger charge is 2.14. The van der Waals surface area contributed by atoms with E-state index in [2.05, 4.69) is 28.6 Å². The van der Waals surface area contributed by atoms with Crippen molar-refractivity contribution in [3.63, 3.8) is 0 Å². The lowest BCUT2D eigenvalue weighted by Gasteiger charge is -2.11. The Labute approximate surface area is 128 Å². The number of aromatic nitrogens is 2. The van der Waals surface area contributed by atoms with Gasteiger partial charge in [-0.3, -0.25) is 4.57 Å². The number of hydrogen-bond donors (Lipinski definition) is 0. The molecule has 1 aromatic heterocycles. The summed E-state index contributed by atoms with van der Waals surface area (Å²) in [6, 6.07) is 14.1. The van der Waals surface area contributed by atoms with Gasteiger partial charge in [0.25, 0.3) is 0 Å². The van der Waals surface area contributed by atoms with Crippen molar-refractivity contribution in [2.24, 2.45) is 0 Å². The SMILES string of the molecule is Cc1ccccc1-n1c(CCCl)nc2c(Cl)cccc21. The molecule has 102 valence electrons. The molecule has 0 atom stereocenters. The summed E-state index contributed by atoms with van der Waals surface area (Å²) in [5.41, 5.74) is 4.17. The van der Waals surface area contributed by atoms with E-state index < -0.39 is 0 Å². The van der Waals surface area contributed by atoms with E-state index in [1.807, 2.05) is 30.3 Å². The van der Waals surface area contributed by atoms with Crippen LogP contribution in [0.2, 0.25) is 5.02 Å². The maximum atomic E-state index is 6.26. The van der Waals surface area contributed by atoms with Crippen LogP contribution in [0.25, 0.3) is 16.7 Å². The third-order valence-electron chi connectivity index (χ3n) is 3.38. The molecule has 0 spiro atoms. The smallest absolute Gasteiger partial charge is 0.115 e. The van der Waals surface area contributed by atoms with Gasteiger partial charge in [0.15, 0.2) is 0 Å². The Morgan fingerprint density at radius 1 is 1.10 bits per heavy atom. The van der Waals surface area contributed by atoms with E-state index in [0.717, 1.165) is 22.5 Å². The summed E-state index contributed by atoms with van der Waals surface area (Å²) in [4.78, 5) is 4.67. The first-order valence-electron chi connectivity index (χ1n) is 6.50. The van der Waals surface area contributed by atoms with Crippen LogP contribution < -0.4 is 0 Å². The normalized spacial score (nSPS) is 11.2. The fraction of sp³-hybridized carbons (Fsp3) is 0.188. The molecule has 2 nitrogen and oxygen atoms in total. The van der Waals surface area contributed by atoms with Gasteiger partial charge in [0.1, 0.15) is 11.3 Å². The third kappa shape index (κ3) is 2.19. The van der Waals surface area contributed by atoms with E-state index in [1.165, 1.54) is 5.56 Å². The Kier molecular flexibility index (Phi) is 3.68. The Hall–Kier alpha value is -1.51. The van der Waals surface area contributed by atoms with Crippen LogP contribution >= 0.6 is 23.2 Å². The van der Waals surface area contributed by atoms with E-state index in [1.54, 1.807) is 0 Å². The molecule has 1 heterocycles. The second kappa shape index (κ2) is 5.47. The molecule has 3 rings (SSSR count). The van der Waals surface area contributed by atoms with E-state index in [4.69, 9.17) is 23.2 Å². The van der Waals surface area contributed by atoms with Crippen LogP contribution in [0.5, 0.6) is 0 Å². The molecular formula is C16H14Cl2N2. The lowest BCUT2D eigenvalue weighted by atomic mass is 10.2. The van der Waals surface area contributed by atoms with Crippen LogP contribution in [0.1, 0.15) is 11.4 Å². The Balaban J connectivity index is 2.35. The molecular weight excluding hydrogens is 291 g/mol. The van der Waals surface area contributed by atoms with E-state index in [0.29, 0.717) is 17.3 Å². The van der Waals surface area contributed by atoms with Crippen molar-refractivity contribution >= 4 is 34.2 Å². The second-order valence-electron chi connectivity index (χ2n) is 4.70. The van der Waals surface area contributed by atoms with Crippen molar-refractivity contribution in [3.8, 4) is 5.69 Å². The highest BCUT2D eigenvalue weighted by atomic mass is 35.5. The minimum absolute atomic E-state index is 0.535. The van der Waals surface area contributed by atoms with Crippen LogP contribution in [0, 0.1) is 6.92 Å². The van der Waals surface area contributed by atoms with E-state index in [-0.39, 0.29) is 0 Å². The van der Waals surface area contributed by atoms with E-state index in [9.17, 15) is 0 Å². The zero-order valence-electron chi connectivity index (χ0n) is 11.1. The summed E-state index contributed by atoms with van der Waals surface area (Å²) in [5, 5.41) is 0.672. The van der Waals surface area contributed by atoms with Crippen molar-refractivity contribution in [1.29, 1.82) is 0 Å². The molecule has 0 bridgehead atoms. The average molecular weight is 305 g/mol. The van der Waals surface area contributed by atoms with Crippen molar-refractivity contribution in [2.45, 2.75) is 13.3 Å². The molecule has 0 aliphatic carbocycles. The molecule has 0 saturated heterocycles. The highest BCUT2D eigenvalue weighted by Crippen LogP contribution is 2.28. The molecule has 0 fully saturated rings. The maximum Gasteiger partial charge on any atom is 0.115 e. The lowest BCUT2D eigenvalue weighted by molar-refractivity contribution is 0.907. The first-order valence-corrected chi connectivity index (χ1v) is 7.41. The fourth-order valence-corrected chi connectivity index (χ4v) is 2.83. The Bertz CT molecular complexity index is 762. The number of benzene rings is 2. The molecule has 0 aliphatic heterocycles. The summed E-state index contributed by atoms with van der Waals surface area (Å²) in [6.45, 7) is 2.09. The van der Waals surface area contributed by atoms with Gasteiger partial charge in [-0.25, -0.2) is 4.98 Å². The zero-order valence-corrected chi connectivity index (χ0v) is 12.6. The molecule has 0 N–H and O–H groups in total. The van der Waals surface area contributed by atoms with Crippen molar-refractivity contribution in [1.82, 2.24) is 9.55 Å². The minimum Gasteiger partial charge on any atom is -0.296 e. The molecule has 3 aromatic rings. The highest BCUT2D eigenvalue weighted by molar-refractivity contribution is 6.35. The standard InChI is InChI=1S/C16H14Cl2N2/c1-11-5-2-3-7-13(11)20-14-8-4-6-12(18)16(14)19-15(20)9-10-17/h2-8H,9-10H2,1H3. The fourth-order valence-electron chi connectivity index (χ4n) is 2.45. The van der Waals surface area contributed by atoms with Gasteiger partial charge >= 0.3 is 0 Å². The summed E-state index contributed by atoms with van der Waals surface area (Å²) >= 11 is 12.2. The van der Waals surface area contributed by atoms with Crippen molar-refractivity contribution < 1.29 is 0 Å². The number of imidazole rings is 1. The minimum atomic E-state index is 0.535. The molecule has 0 saturated carbocycles. The first kappa shape index (κ1) is 13.5.